The average Bonchev–Trinajstić information content (AvgIpc) is 3.12. The average molecular weight is 358 g/mol. The van der Waals surface area contributed by atoms with E-state index >= 15 is 0 Å². The van der Waals surface area contributed by atoms with Crippen LogP contribution in [0.25, 0.3) is 0 Å². The van der Waals surface area contributed by atoms with Gasteiger partial charge in [0.15, 0.2) is 5.78 Å². The first-order valence-electron chi connectivity index (χ1n) is 8.72. The molecule has 134 valence electrons. The Kier molecular flexibility index (Phi) is 4.38. The van der Waals surface area contributed by atoms with Crippen LogP contribution in [-0.4, -0.2) is 28.2 Å². The molecule has 1 aliphatic rings. The second-order valence-corrected chi connectivity index (χ2v) is 6.36. The lowest BCUT2D eigenvalue weighted by Gasteiger charge is -2.17. The number of amides is 1. The Hall–Kier alpha value is -3.54. The summed E-state index contributed by atoms with van der Waals surface area (Å²) in [6.07, 6.45) is 2.52. The van der Waals surface area contributed by atoms with Crippen LogP contribution in [-0.2, 0) is 6.42 Å². The highest BCUT2D eigenvalue weighted by atomic mass is 16.2. The van der Waals surface area contributed by atoms with Crippen LogP contribution in [0.1, 0.15) is 33.3 Å². The van der Waals surface area contributed by atoms with Crippen molar-refractivity contribution in [3.05, 3.63) is 77.6 Å². The zero-order chi connectivity index (χ0) is 18.8. The number of carbonyl (C=O) groups is 2. The minimum absolute atomic E-state index is 0.0146. The van der Waals surface area contributed by atoms with Crippen molar-refractivity contribution >= 4 is 29.0 Å². The van der Waals surface area contributed by atoms with E-state index in [4.69, 9.17) is 0 Å². The van der Waals surface area contributed by atoms with Gasteiger partial charge in [0.1, 0.15) is 5.69 Å². The normalized spacial score (nSPS) is 12.6. The number of anilines is 3. The standard InChI is InChI=1S/C21H18N4O2/c1-14(26)15-6-8-17(9-7-15)23-20(27)18-10-12-22-21(24-18)25-13-11-16-4-2-3-5-19(16)25/h2-10,12H,11,13H2,1H3,(H,23,27). The first-order chi connectivity index (χ1) is 13.1. The molecule has 2 aromatic carbocycles. The van der Waals surface area contributed by atoms with Crippen LogP contribution in [0.5, 0.6) is 0 Å². The van der Waals surface area contributed by atoms with E-state index in [1.165, 1.54) is 12.5 Å². The first-order valence-corrected chi connectivity index (χ1v) is 8.72. The van der Waals surface area contributed by atoms with Crippen molar-refractivity contribution in [1.29, 1.82) is 0 Å². The van der Waals surface area contributed by atoms with Gasteiger partial charge in [0.25, 0.3) is 5.91 Å². The third kappa shape index (κ3) is 3.42. The zero-order valence-electron chi connectivity index (χ0n) is 14.8. The number of benzene rings is 2. The lowest BCUT2D eigenvalue weighted by molar-refractivity contribution is 0.101. The van der Waals surface area contributed by atoms with Gasteiger partial charge in [-0.1, -0.05) is 18.2 Å². The van der Waals surface area contributed by atoms with E-state index in [1.807, 2.05) is 23.1 Å². The number of hydrogen-bond donors (Lipinski definition) is 1. The SMILES string of the molecule is CC(=O)c1ccc(NC(=O)c2ccnc(N3CCc4ccccc43)n2)cc1. The van der Waals surface area contributed by atoms with E-state index in [1.54, 1.807) is 36.5 Å². The molecular weight excluding hydrogens is 340 g/mol. The highest BCUT2D eigenvalue weighted by molar-refractivity contribution is 6.03. The fraction of sp³-hybridized carbons (Fsp3) is 0.143. The van der Waals surface area contributed by atoms with Gasteiger partial charge in [-0.2, -0.15) is 0 Å². The Labute approximate surface area is 156 Å². The summed E-state index contributed by atoms with van der Waals surface area (Å²) in [6.45, 7) is 2.30. The van der Waals surface area contributed by atoms with Crippen molar-refractivity contribution in [2.45, 2.75) is 13.3 Å². The number of para-hydroxylation sites is 1. The number of rotatable bonds is 4. The highest BCUT2D eigenvalue weighted by Gasteiger charge is 2.22. The van der Waals surface area contributed by atoms with Gasteiger partial charge in [0.2, 0.25) is 5.95 Å². The van der Waals surface area contributed by atoms with Crippen LogP contribution >= 0.6 is 0 Å². The second-order valence-electron chi connectivity index (χ2n) is 6.36. The lowest BCUT2D eigenvalue weighted by Crippen LogP contribution is -2.20. The number of aromatic nitrogens is 2. The van der Waals surface area contributed by atoms with Crippen molar-refractivity contribution in [2.75, 3.05) is 16.8 Å². The molecule has 0 saturated heterocycles. The molecule has 0 unspecified atom stereocenters. The molecule has 0 spiro atoms. The molecule has 1 aromatic heterocycles. The number of ketones is 1. The van der Waals surface area contributed by atoms with E-state index in [-0.39, 0.29) is 11.7 Å². The lowest BCUT2D eigenvalue weighted by atomic mass is 10.1. The van der Waals surface area contributed by atoms with Gasteiger partial charge in [-0.05, 0) is 55.3 Å². The van der Waals surface area contributed by atoms with Crippen molar-refractivity contribution < 1.29 is 9.59 Å². The molecule has 4 rings (SSSR count). The molecule has 2 heterocycles. The van der Waals surface area contributed by atoms with Gasteiger partial charge >= 0.3 is 0 Å². The van der Waals surface area contributed by atoms with Gasteiger partial charge in [-0.3, -0.25) is 9.59 Å². The molecule has 1 aliphatic heterocycles. The summed E-state index contributed by atoms with van der Waals surface area (Å²) in [4.78, 5) is 34.7. The van der Waals surface area contributed by atoms with Crippen molar-refractivity contribution in [1.82, 2.24) is 9.97 Å². The number of carbonyl (C=O) groups excluding carboxylic acids is 2. The van der Waals surface area contributed by atoms with Gasteiger partial charge in [-0.15, -0.1) is 0 Å². The Morgan fingerprint density at radius 1 is 1.04 bits per heavy atom. The van der Waals surface area contributed by atoms with Crippen molar-refractivity contribution in [3.63, 3.8) is 0 Å². The predicted octanol–water partition coefficient (Wildman–Crippen LogP) is 3.63. The highest BCUT2D eigenvalue weighted by Crippen LogP contribution is 2.32. The predicted molar refractivity (Wildman–Crippen MR) is 104 cm³/mol. The van der Waals surface area contributed by atoms with E-state index < -0.39 is 0 Å². The molecule has 0 radical (unpaired) electrons. The number of nitrogens with one attached hydrogen (secondary N) is 1. The summed E-state index contributed by atoms with van der Waals surface area (Å²) >= 11 is 0. The fourth-order valence-electron chi connectivity index (χ4n) is 3.13. The molecule has 0 saturated carbocycles. The van der Waals surface area contributed by atoms with Crippen molar-refractivity contribution in [3.8, 4) is 0 Å². The van der Waals surface area contributed by atoms with Crippen LogP contribution in [0.15, 0.2) is 60.8 Å². The van der Waals surface area contributed by atoms with Crippen LogP contribution < -0.4 is 10.2 Å². The van der Waals surface area contributed by atoms with Crippen LogP contribution in [0, 0.1) is 0 Å². The third-order valence-corrected chi connectivity index (χ3v) is 4.55. The van der Waals surface area contributed by atoms with Gasteiger partial charge < -0.3 is 10.2 Å². The Morgan fingerprint density at radius 2 is 1.81 bits per heavy atom. The molecule has 27 heavy (non-hydrogen) atoms. The van der Waals surface area contributed by atoms with Crippen LogP contribution in [0.2, 0.25) is 0 Å². The summed E-state index contributed by atoms with van der Waals surface area (Å²) in [6, 6.07) is 16.5. The maximum Gasteiger partial charge on any atom is 0.274 e. The molecule has 6 heteroatoms. The van der Waals surface area contributed by atoms with Gasteiger partial charge in [0, 0.05) is 29.7 Å². The van der Waals surface area contributed by atoms with Crippen molar-refractivity contribution in [2.24, 2.45) is 0 Å². The molecule has 0 aliphatic carbocycles. The number of hydrogen-bond acceptors (Lipinski definition) is 5. The Morgan fingerprint density at radius 3 is 2.59 bits per heavy atom. The molecule has 6 nitrogen and oxygen atoms in total. The monoisotopic (exact) mass is 358 g/mol. The molecule has 3 aromatic rings. The van der Waals surface area contributed by atoms with Gasteiger partial charge in [-0.25, -0.2) is 9.97 Å². The minimum atomic E-state index is -0.318. The number of nitrogens with zero attached hydrogens (tertiary/aromatic N) is 3. The fourth-order valence-corrected chi connectivity index (χ4v) is 3.13. The van der Waals surface area contributed by atoms with E-state index in [0.717, 1.165) is 18.7 Å². The number of Topliss-reactive ketones (excluding diaryl/α,β-unsaturated/α-hetero) is 1. The molecule has 0 atom stereocenters. The molecule has 1 amide bonds. The smallest absolute Gasteiger partial charge is 0.274 e. The Balaban J connectivity index is 1.54. The minimum Gasteiger partial charge on any atom is -0.321 e. The molecule has 1 N–H and O–H groups in total. The topological polar surface area (TPSA) is 75.2 Å². The largest absolute Gasteiger partial charge is 0.321 e. The van der Waals surface area contributed by atoms with Gasteiger partial charge in [0.05, 0.1) is 0 Å². The molecule has 0 fully saturated rings. The van der Waals surface area contributed by atoms with E-state index in [2.05, 4.69) is 21.4 Å². The third-order valence-electron chi connectivity index (χ3n) is 4.55. The molecule has 0 bridgehead atoms. The zero-order valence-corrected chi connectivity index (χ0v) is 14.8. The van der Waals surface area contributed by atoms with Crippen LogP contribution in [0.4, 0.5) is 17.3 Å². The summed E-state index contributed by atoms with van der Waals surface area (Å²) in [5.41, 5.74) is 3.83. The molecular formula is C21H18N4O2. The summed E-state index contributed by atoms with van der Waals surface area (Å²) < 4.78 is 0. The first kappa shape index (κ1) is 16.9. The van der Waals surface area contributed by atoms with E-state index in [0.29, 0.717) is 22.9 Å². The summed E-state index contributed by atoms with van der Waals surface area (Å²) in [5.74, 6) is 0.181. The summed E-state index contributed by atoms with van der Waals surface area (Å²) in [7, 11) is 0. The second kappa shape index (κ2) is 6.99. The maximum atomic E-state index is 12.6. The Bertz CT molecular complexity index is 1010. The van der Waals surface area contributed by atoms with Crippen LogP contribution in [0.3, 0.4) is 0 Å². The summed E-state index contributed by atoms with van der Waals surface area (Å²) in [5, 5.41) is 2.80. The quantitative estimate of drug-likeness (QED) is 0.721. The van der Waals surface area contributed by atoms with E-state index in [9.17, 15) is 9.59 Å². The maximum absolute atomic E-state index is 12.6. The number of fused-ring (bicyclic) bond motifs is 1.